The molecule has 1 aromatic carbocycles. The van der Waals surface area contributed by atoms with Crippen molar-refractivity contribution in [3.8, 4) is 11.8 Å². The van der Waals surface area contributed by atoms with Crippen LogP contribution in [-0.4, -0.2) is 58.4 Å². The Kier molecular flexibility index (Phi) is 8.35. The minimum absolute atomic E-state index is 0.0102. The number of aliphatic hydroxyl groups is 2. The molecule has 0 aliphatic heterocycles. The smallest absolute Gasteiger partial charge is 0.405 e. The van der Waals surface area contributed by atoms with Gasteiger partial charge in [0.05, 0.1) is 18.9 Å². The van der Waals surface area contributed by atoms with Crippen molar-refractivity contribution in [3.63, 3.8) is 0 Å². The van der Waals surface area contributed by atoms with E-state index in [-0.39, 0.29) is 30.3 Å². The lowest BCUT2D eigenvalue weighted by atomic mass is 9.48. The number of halogens is 3. The highest BCUT2D eigenvalue weighted by atomic mass is 19.4. The van der Waals surface area contributed by atoms with Gasteiger partial charge in [0, 0.05) is 24.7 Å². The summed E-state index contributed by atoms with van der Waals surface area (Å²) in [5, 5.41) is 38.4. The number of benzene rings is 1. The van der Waals surface area contributed by atoms with Gasteiger partial charge in [-0.15, -0.1) is 13.2 Å². The monoisotopic (exact) mass is 560 g/mol. The molecule has 2 aromatic rings. The number of nitrogens with zero attached hydrogens (tertiary/aromatic N) is 3. The zero-order chi connectivity index (χ0) is 28.3. The van der Waals surface area contributed by atoms with Crippen molar-refractivity contribution in [2.45, 2.75) is 63.6 Å². The molecule has 0 radical (unpaired) electrons. The second-order valence-corrected chi connectivity index (χ2v) is 11.5. The van der Waals surface area contributed by atoms with Crippen LogP contribution in [0.5, 0.6) is 5.75 Å². The van der Waals surface area contributed by atoms with Gasteiger partial charge in [0.2, 0.25) is 5.95 Å². The molecular formula is C28H35F3N6O3. The van der Waals surface area contributed by atoms with Gasteiger partial charge in [-0.25, -0.2) is 4.98 Å². The molecule has 4 saturated carbocycles. The van der Waals surface area contributed by atoms with Crippen LogP contribution in [0.3, 0.4) is 0 Å². The van der Waals surface area contributed by atoms with Gasteiger partial charge in [0.1, 0.15) is 23.2 Å². The average molecular weight is 561 g/mol. The van der Waals surface area contributed by atoms with E-state index in [1.165, 1.54) is 37.2 Å². The zero-order valence-electron chi connectivity index (χ0n) is 22.1. The van der Waals surface area contributed by atoms with E-state index in [1.54, 1.807) is 6.07 Å². The van der Waals surface area contributed by atoms with E-state index in [4.69, 9.17) is 5.11 Å². The Morgan fingerprint density at radius 2 is 1.90 bits per heavy atom. The average Bonchev–Trinajstić information content (AvgIpc) is 2.91. The molecule has 12 heteroatoms. The number of rotatable bonds is 12. The zero-order valence-corrected chi connectivity index (χ0v) is 22.1. The third kappa shape index (κ3) is 6.59. The van der Waals surface area contributed by atoms with Crippen LogP contribution in [0.1, 0.15) is 49.7 Å². The molecule has 4 aliphatic rings. The summed E-state index contributed by atoms with van der Waals surface area (Å²) in [5.74, 6) is 2.09. The lowest BCUT2D eigenvalue weighted by Crippen LogP contribution is -2.59. The van der Waals surface area contributed by atoms with Gasteiger partial charge in [-0.1, -0.05) is 18.2 Å². The summed E-state index contributed by atoms with van der Waals surface area (Å²) in [4.78, 5) is 8.66. The number of hydrogen-bond acceptors (Lipinski definition) is 9. The predicted molar refractivity (Wildman–Crippen MR) is 141 cm³/mol. The standard InChI is InChI=1S/C28H35F3N6O3/c29-28(30,31)40-23-4-2-1-3-18(23)13-34-26-35-14-21(12-32)25(37-26)36-16-27-9-17-7-19(10-27)24(20(8-17)11-27)33-6-5-22(39)15-38/h1-4,14,17,19-20,22,24,33,38-39H,5-11,13,15-16H2,(H2,34,35,36,37)/t17?,19-,20+,22-,24-,27-/m0/s1. The summed E-state index contributed by atoms with van der Waals surface area (Å²) in [6.07, 6.45) is 2.13. The minimum Gasteiger partial charge on any atom is -0.405 e. The van der Waals surface area contributed by atoms with Crippen molar-refractivity contribution in [2.75, 3.05) is 30.3 Å². The minimum atomic E-state index is -4.80. The molecule has 0 amide bonds. The summed E-state index contributed by atoms with van der Waals surface area (Å²) >= 11 is 0. The number of alkyl halides is 3. The van der Waals surface area contributed by atoms with Gasteiger partial charge in [-0.05, 0) is 74.3 Å². The normalized spacial score (nSPS) is 27.7. The van der Waals surface area contributed by atoms with E-state index in [9.17, 15) is 23.5 Å². The van der Waals surface area contributed by atoms with Crippen LogP contribution in [0.2, 0.25) is 0 Å². The Labute approximate surface area is 231 Å². The fourth-order valence-electron chi connectivity index (χ4n) is 7.25. The topological polar surface area (TPSA) is 135 Å². The molecule has 1 heterocycles. The molecule has 1 unspecified atom stereocenters. The molecule has 40 heavy (non-hydrogen) atoms. The SMILES string of the molecule is N#Cc1cnc(NCc2ccccc2OC(F)(F)F)nc1NC[C@]12CC3C[C@H](C1)[C@@H](NCC[C@H](O)CO)[C@@H](C3)C2. The molecule has 1 aromatic heterocycles. The Hall–Kier alpha value is -3.14. The fraction of sp³-hybridized carbons (Fsp3) is 0.607. The Balaban J connectivity index is 1.22. The van der Waals surface area contributed by atoms with Gasteiger partial charge >= 0.3 is 6.36 Å². The Morgan fingerprint density at radius 1 is 1.15 bits per heavy atom. The third-order valence-corrected chi connectivity index (χ3v) is 8.64. The molecule has 5 N–H and O–H groups in total. The van der Waals surface area contributed by atoms with E-state index in [0.29, 0.717) is 60.3 Å². The third-order valence-electron chi connectivity index (χ3n) is 8.64. The number of hydrogen-bond donors (Lipinski definition) is 5. The summed E-state index contributed by atoms with van der Waals surface area (Å²) < 4.78 is 42.4. The van der Waals surface area contributed by atoms with Crippen LogP contribution in [0.25, 0.3) is 0 Å². The van der Waals surface area contributed by atoms with Gasteiger partial charge in [-0.3, -0.25) is 0 Å². The number of ether oxygens (including phenoxy) is 1. The largest absolute Gasteiger partial charge is 0.573 e. The lowest BCUT2D eigenvalue weighted by molar-refractivity contribution is -0.274. The van der Waals surface area contributed by atoms with Crippen molar-refractivity contribution in [1.29, 1.82) is 5.26 Å². The highest BCUT2D eigenvalue weighted by molar-refractivity contribution is 5.53. The highest BCUT2D eigenvalue weighted by Gasteiger charge is 2.55. The van der Waals surface area contributed by atoms with Crippen LogP contribution in [0.4, 0.5) is 24.9 Å². The van der Waals surface area contributed by atoms with E-state index in [1.807, 2.05) is 0 Å². The highest BCUT2D eigenvalue weighted by Crippen LogP contribution is 2.60. The second kappa shape index (κ2) is 11.8. The van der Waals surface area contributed by atoms with Crippen LogP contribution in [0.15, 0.2) is 30.5 Å². The number of aliphatic hydroxyl groups excluding tert-OH is 2. The first-order chi connectivity index (χ1) is 19.2. The number of para-hydroxylation sites is 1. The van der Waals surface area contributed by atoms with Gasteiger partial charge in [0.15, 0.2) is 0 Å². The van der Waals surface area contributed by atoms with Gasteiger partial charge in [-0.2, -0.15) is 10.2 Å². The quantitative estimate of drug-likeness (QED) is 0.263. The molecule has 4 fully saturated rings. The van der Waals surface area contributed by atoms with E-state index in [2.05, 4.69) is 36.7 Å². The summed E-state index contributed by atoms with van der Waals surface area (Å²) in [6.45, 7) is 1.15. The van der Waals surface area contributed by atoms with Crippen LogP contribution >= 0.6 is 0 Å². The van der Waals surface area contributed by atoms with Gasteiger partial charge in [0.25, 0.3) is 0 Å². The maximum atomic E-state index is 12.8. The second-order valence-electron chi connectivity index (χ2n) is 11.5. The molecule has 4 bridgehead atoms. The number of nitrogens with one attached hydrogen (secondary N) is 3. The van der Waals surface area contributed by atoms with Crippen LogP contribution in [0, 0.1) is 34.5 Å². The predicted octanol–water partition coefficient (Wildman–Crippen LogP) is 3.80. The van der Waals surface area contributed by atoms with Crippen molar-refractivity contribution >= 4 is 11.8 Å². The van der Waals surface area contributed by atoms with E-state index in [0.717, 1.165) is 19.3 Å². The molecule has 6 rings (SSSR count). The van der Waals surface area contributed by atoms with Crippen molar-refractivity contribution in [3.05, 3.63) is 41.6 Å². The van der Waals surface area contributed by atoms with Gasteiger partial charge < -0.3 is 30.9 Å². The number of anilines is 2. The molecule has 0 spiro atoms. The summed E-state index contributed by atoms with van der Waals surface area (Å²) in [7, 11) is 0. The maximum absolute atomic E-state index is 12.8. The summed E-state index contributed by atoms with van der Waals surface area (Å²) in [5.41, 5.74) is 0.710. The first-order valence-corrected chi connectivity index (χ1v) is 13.8. The lowest BCUT2D eigenvalue weighted by Gasteiger charge is -2.60. The Morgan fingerprint density at radius 3 is 2.60 bits per heavy atom. The number of aromatic nitrogens is 2. The molecule has 9 nitrogen and oxygen atoms in total. The van der Waals surface area contributed by atoms with Crippen molar-refractivity contribution < 1.29 is 28.1 Å². The molecule has 216 valence electrons. The molecule has 0 saturated heterocycles. The van der Waals surface area contributed by atoms with Crippen LogP contribution in [-0.2, 0) is 6.54 Å². The van der Waals surface area contributed by atoms with E-state index >= 15 is 0 Å². The first kappa shape index (κ1) is 28.4. The maximum Gasteiger partial charge on any atom is 0.573 e. The van der Waals surface area contributed by atoms with Crippen molar-refractivity contribution in [1.82, 2.24) is 15.3 Å². The Bertz CT molecular complexity index is 1210. The van der Waals surface area contributed by atoms with Crippen LogP contribution < -0.4 is 20.7 Å². The van der Waals surface area contributed by atoms with E-state index < -0.39 is 12.5 Å². The molecular weight excluding hydrogens is 525 g/mol. The molecule has 6 atom stereocenters. The molecule has 4 aliphatic carbocycles. The number of nitriles is 1. The summed E-state index contributed by atoms with van der Waals surface area (Å²) in [6, 6.07) is 8.42. The fourth-order valence-corrected chi connectivity index (χ4v) is 7.25. The van der Waals surface area contributed by atoms with Crippen molar-refractivity contribution in [2.24, 2.45) is 23.2 Å². The first-order valence-electron chi connectivity index (χ1n) is 13.8.